The van der Waals surface area contributed by atoms with E-state index in [2.05, 4.69) is 0 Å². The maximum absolute atomic E-state index is 12.7. The summed E-state index contributed by atoms with van der Waals surface area (Å²) in [5, 5.41) is 8.20. The van der Waals surface area contributed by atoms with Gasteiger partial charge in [-0.15, -0.1) is 0 Å². The predicted molar refractivity (Wildman–Crippen MR) is 46.6 cm³/mol. The van der Waals surface area contributed by atoms with Crippen LogP contribution in [0.5, 0.6) is 0 Å². The van der Waals surface area contributed by atoms with Crippen molar-refractivity contribution >= 4 is 5.97 Å². The number of nitrogens with zero attached hydrogens (tertiary/aromatic N) is 1. The molecule has 0 aliphatic heterocycles. The van der Waals surface area contributed by atoms with Gasteiger partial charge >= 0.3 is 11.9 Å². The van der Waals surface area contributed by atoms with Gasteiger partial charge in [-0.2, -0.15) is 8.78 Å². The highest BCUT2D eigenvalue weighted by molar-refractivity contribution is 5.75. The Morgan fingerprint density at radius 2 is 2.14 bits per heavy atom. The third-order valence-electron chi connectivity index (χ3n) is 1.79. The zero-order valence-electron chi connectivity index (χ0n) is 8.30. The number of aliphatic carboxylic acids is 1. The highest BCUT2D eigenvalue weighted by Crippen LogP contribution is 2.15. The van der Waals surface area contributed by atoms with Crippen LogP contribution < -0.4 is 0 Å². The topological polar surface area (TPSA) is 49.8 Å². The lowest BCUT2D eigenvalue weighted by Crippen LogP contribution is -2.43. The zero-order valence-corrected chi connectivity index (χ0v) is 8.30. The number of hydrogen-bond acceptors (Lipinski definition) is 3. The normalized spacial score (nSPS) is 12.1. The lowest BCUT2D eigenvalue weighted by Gasteiger charge is -2.23. The van der Waals surface area contributed by atoms with E-state index in [0.717, 1.165) is 0 Å². The molecule has 0 atom stereocenters. The SMILES string of the molecule is CCN(CCOC)CC(F)(F)C(=O)O. The van der Waals surface area contributed by atoms with Crippen molar-refractivity contribution in [1.82, 2.24) is 4.90 Å². The van der Waals surface area contributed by atoms with Gasteiger partial charge in [0, 0.05) is 13.7 Å². The second kappa shape index (κ2) is 5.87. The second-order valence-electron chi connectivity index (χ2n) is 2.87. The minimum absolute atomic E-state index is 0.301. The minimum atomic E-state index is -3.69. The first-order valence-corrected chi connectivity index (χ1v) is 4.26. The summed E-state index contributed by atoms with van der Waals surface area (Å²) in [6, 6.07) is 0. The van der Waals surface area contributed by atoms with E-state index in [1.54, 1.807) is 6.92 Å². The number of methoxy groups -OCH3 is 1. The van der Waals surface area contributed by atoms with Crippen molar-refractivity contribution in [2.45, 2.75) is 12.8 Å². The molecule has 0 aliphatic carbocycles. The first-order chi connectivity index (χ1) is 6.44. The van der Waals surface area contributed by atoms with Crippen LogP contribution in [0.3, 0.4) is 0 Å². The van der Waals surface area contributed by atoms with Crippen LogP contribution in [0.15, 0.2) is 0 Å². The molecule has 0 unspecified atom stereocenters. The minimum Gasteiger partial charge on any atom is -0.477 e. The summed E-state index contributed by atoms with van der Waals surface area (Å²) in [5.41, 5.74) is 0. The molecule has 0 spiro atoms. The zero-order chi connectivity index (χ0) is 11.2. The first kappa shape index (κ1) is 13.2. The van der Waals surface area contributed by atoms with Crippen molar-refractivity contribution in [3.63, 3.8) is 0 Å². The number of alkyl halides is 2. The molecule has 0 saturated carbocycles. The molecule has 0 rings (SSSR count). The van der Waals surface area contributed by atoms with Crippen molar-refractivity contribution in [3.05, 3.63) is 0 Å². The molecule has 0 aromatic carbocycles. The number of rotatable bonds is 7. The molecule has 0 aliphatic rings. The number of ether oxygens (including phenoxy) is 1. The quantitative estimate of drug-likeness (QED) is 0.672. The summed E-state index contributed by atoms with van der Waals surface area (Å²) >= 11 is 0. The Morgan fingerprint density at radius 1 is 1.57 bits per heavy atom. The molecule has 0 aromatic rings. The Labute approximate surface area is 81.5 Å². The van der Waals surface area contributed by atoms with Crippen LogP contribution in [0, 0.1) is 0 Å². The lowest BCUT2D eigenvalue weighted by molar-refractivity contribution is -0.167. The Kier molecular flexibility index (Phi) is 5.56. The molecule has 4 nitrogen and oxygen atoms in total. The number of carboxylic acid groups (broad SMARTS) is 1. The van der Waals surface area contributed by atoms with Crippen LogP contribution in [0.1, 0.15) is 6.92 Å². The van der Waals surface area contributed by atoms with Gasteiger partial charge < -0.3 is 9.84 Å². The van der Waals surface area contributed by atoms with E-state index < -0.39 is 18.4 Å². The van der Waals surface area contributed by atoms with E-state index >= 15 is 0 Å². The molecular weight excluding hydrogens is 196 g/mol. The molecule has 0 bridgehead atoms. The fraction of sp³-hybridized carbons (Fsp3) is 0.875. The Morgan fingerprint density at radius 3 is 2.50 bits per heavy atom. The van der Waals surface area contributed by atoms with Crippen molar-refractivity contribution in [2.24, 2.45) is 0 Å². The largest absolute Gasteiger partial charge is 0.477 e. The lowest BCUT2D eigenvalue weighted by atomic mass is 10.3. The van der Waals surface area contributed by atoms with E-state index in [0.29, 0.717) is 19.7 Å². The maximum Gasteiger partial charge on any atom is 0.375 e. The molecule has 14 heavy (non-hydrogen) atoms. The number of likely N-dealkylation sites (N-methyl/N-ethyl adjacent to an activating group) is 1. The Hall–Kier alpha value is -0.750. The molecule has 6 heteroatoms. The van der Waals surface area contributed by atoms with E-state index in [1.807, 2.05) is 0 Å². The van der Waals surface area contributed by atoms with Crippen molar-refractivity contribution < 1.29 is 23.4 Å². The molecule has 0 amide bonds. The van der Waals surface area contributed by atoms with Gasteiger partial charge in [-0.05, 0) is 6.54 Å². The van der Waals surface area contributed by atoms with Crippen molar-refractivity contribution in [2.75, 3.05) is 33.4 Å². The van der Waals surface area contributed by atoms with Crippen LogP contribution in [0.25, 0.3) is 0 Å². The van der Waals surface area contributed by atoms with Gasteiger partial charge in [-0.25, -0.2) is 4.79 Å². The number of hydrogen-bond donors (Lipinski definition) is 1. The van der Waals surface area contributed by atoms with Gasteiger partial charge in [0.1, 0.15) is 0 Å². The molecule has 0 fully saturated rings. The van der Waals surface area contributed by atoms with Gasteiger partial charge in [-0.1, -0.05) is 6.92 Å². The third-order valence-corrected chi connectivity index (χ3v) is 1.79. The average molecular weight is 211 g/mol. The van der Waals surface area contributed by atoms with Crippen LogP contribution in [0.2, 0.25) is 0 Å². The summed E-state index contributed by atoms with van der Waals surface area (Å²) in [4.78, 5) is 11.5. The highest BCUT2D eigenvalue weighted by Gasteiger charge is 2.40. The average Bonchev–Trinajstić information content (AvgIpc) is 2.11. The van der Waals surface area contributed by atoms with Crippen molar-refractivity contribution in [3.8, 4) is 0 Å². The number of carboxylic acids is 1. The highest BCUT2D eigenvalue weighted by atomic mass is 19.3. The van der Waals surface area contributed by atoms with Gasteiger partial charge in [-0.3, -0.25) is 4.90 Å². The monoisotopic (exact) mass is 211 g/mol. The van der Waals surface area contributed by atoms with Crippen LogP contribution in [-0.4, -0.2) is 55.2 Å². The molecule has 0 radical (unpaired) electrons. The van der Waals surface area contributed by atoms with Gasteiger partial charge in [0.2, 0.25) is 0 Å². The summed E-state index contributed by atoms with van der Waals surface area (Å²) in [6.45, 7) is 1.89. The molecular formula is C8H15F2NO3. The molecule has 0 heterocycles. The van der Waals surface area contributed by atoms with Gasteiger partial charge in [0.15, 0.2) is 0 Å². The van der Waals surface area contributed by atoms with E-state index in [-0.39, 0.29) is 0 Å². The fourth-order valence-electron chi connectivity index (χ4n) is 0.918. The Bertz CT molecular complexity index is 187. The summed E-state index contributed by atoms with van der Waals surface area (Å²) in [6.07, 6.45) is 0. The standard InChI is InChI=1S/C8H15F2NO3/c1-3-11(4-5-14-2)6-8(9,10)7(12)13/h3-6H2,1-2H3,(H,12,13). The molecule has 84 valence electrons. The van der Waals surface area contributed by atoms with Crippen LogP contribution in [-0.2, 0) is 9.53 Å². The molecule has 0 aromatic heterocycles. The second-order valence-corrected chi connectivity index (χ2v) is 2.87. The van der Waals surface area contributed by atoms with Gasteiger partial charge in [0.25, 0.3) is 0 Å². The predicted octanol–water partition coefficient (Wildman–Crippen LogP) is 0.675. The molecule has 0 saturated heterocycles. The number of halogens is 2. The fourth-order valence-corrected chi connectivity index (χ4v) is 0.918. The van der Waals surface area contributed by atoms with Crippen molar-refractivity contribution in [1.29, 1.82) is 0 Å². The first-order valence-electron chi connectivity index (χ1n) is 4.26. The third kappa shape index (κ3) is 4.48. The summed E-state index contributed by atoms with van der Waals surface area (Å²) in [7, 11) is 1.46. The number of carbonyl (C=O) groups is 1. The Balaban J connectivity index is 4.09. The van der Waals surface area contributed by atoms with E-state index in [4.69, 9.17) is 9.84 Å². The van der Waals surface area contributed by atoms with Gasteiger partial charge in [0.05, 0.1) is 13.2 Å². The van der Waals surface area contributed by atoms with Crippen LogP contribution in [0.4, 0.5) is 8.78 Å². The van der Waals surface area contributed by atoms with E-state index in [1.165, 1.54) is 12.0 Å². The maximum atomic E-state index is 12.7. The summed E-state index contributed by atoms with van der Waals surface area (Å²) < 4.78 is 30.2. The summed E-state index contributed by atoms with van der Waals surface area (Å²) in [5.74, 6) is -5.78. The smallest absolute Gasteiger partial charge is 0.375 e. The van der Waals surface area contributed by atoms with E-state index in [9.17, 15) is 13.6 Å². The van der Waals surface area contributed by atoms with Crippen LogP contribution >= 0.6 is 0 Å². The molecule has 1 N–H and O–H groups in total.